The second-order valence-corrected chi connectivity index (χ2v) is 6.08. The Kier molecular flexibility index (Phi) is 4.35. The molecule has 1 amide bonds. The average molecular weight is 300 g/mol. The summed E-state index contributed by atoms with van der Waals surface area (Å²) >= 11 is 5.94. The molecule has 1 aliphatic carbocycles. The highest BCUT2D eigenvalue weighted by Gasteiger charge is 2.34. The lowest BCUT2D eigenvalue weighted by Gasteiger charge is -2.29. The summed E-state index contributed by atoms with van der Waals surface area (Å²) < 4.78 is 13.4. The quantitative estimate of drug-likeness (QED) is 0.931. The monoisotopic (exact) mass is 299 g/mol. The standard InChI is InChI=1S/C15H19ClFNO2/c1-10-7-11(12(16)8-13(10)17)14(19)18(2)9-15(20)5-3-4-6-15/h7-8,20H,3-6,9H2,1-2H3. The molecule has 1 saturated carbocycles. The van der Waals surface area contributed by atoms with Crippen molar-refractivity contribution in [2.75, 3.05) is 13.6 Å². The summed E-state index contributed by atoms with van der Waals surface area (Å²) in [7, 11) is 1.63. The number of hydrogen-bond donors (Lipinski definition) is 1. The van der Waals surface area contributed by atoms with Gasteiger partial charge in [-0.3, -0.25) is 4.79 Å². The van der Waals surface area contributed by atoms with Crippen LogP contribution in [0.4, 0.5) is 4.39 Å². The largest absolute Gasteiger partial charge is 0.388 e. The Bertz CT molecular complexity index is 527. The fourth-order valence-corrected chi connectivity index (χ4v) is 2.96. The highest BCUT2D eigenvalue weighted by Crippen LogP contribution is 2.30. The normalized spacial score (nSPS) is 17.2. The molecule has 110 valence electrons. The molecule has 5 heteroatoms. The van der Waals surface area contributed by atoms with Crippen LogP contribution in [-0.4, -0.2) is 35.1 Å². The summed E-state index contributed by atoms with van der Waals surface area (Å²) in [4.78, 5) is 13.8. The smallest absolute Gasteiger partial charge is 0.255 e. The molecule has 0 spiro atoms. The van der Waals surface area contributed by atoms with Gasteiger partial charge in [0.1, 0.15) is 5.82 Å². The van der Waals surface area contributed by atoms with Crippen LogP contribution in [0.25, 0.3) is 0 Å². The van der Waals surface area contributed by atoms with Crippen molar-refractivity contribution in [3.05, 3.63) is 34.1 Å². The number of carbonyl (C=O) groups is 1. The molecular weight excluding hydrogens is 281 g/mol. The maximum Gasteiger partial charge on any atom is 0.255 e. The molecule has 0 saturated heterocycles. The van der Waals surface area contributed by atoms with Gasteiger partial charge in [0.05, 0.1) is 16.2 Å². The van der Waals surface area contributed by atoms with Crippen molar-refractivity contribution in [1.82, 2.24) is 4.90 Å². The third-order valence-electron chi connectivity index (χ3n) is 3.89. The second kappa shape index (κ2) is 5.70. The molecule has 2 rings (SSSR count). The van der Waals surface area contributed by atoms with Gasteiger partial charge < -0.3 is 10.0 Å². The minimum atomic E-state index is -0.800. The van der Waals surface area contributed by atoms with Crippen LogP contribution in [0.3, 0.4) is 0 Å². The number of hydrogen-bond acceptors (Lipinski definition) is 2. The fourth-order valence-electron chi connectivity index (χ4n) is 2.73. The van der Waals surface area contributed by atoms with E-state index in [0.717, 1.165) is 18.9 Å². The lowest BCUT2D eigenvalue weighted by atomic mass is 10.0. The number of benzene rings is 1. The molecule has 1 aromatic carbocycles. The topological polar surface area (TPSA) is 40.5 Å². The molecule has 0 aromatic heterocycles. The Balaban J connectivity index is 2.16. The fraction of sp³-hybridized carbons (Fsp3) is 0.533. The van der Waals surface area contributed by atoms with Crippen LogP contribution in [0.2, 0.25) is 5.02 Å². The van der Waals surface area contributed by atoms with Crippen molar-refractivity contribution in [3.63, 3.8) is 0 Å². The SMILES string of the molecule is Cc1cc(C(=O)N(C)CC2(O)CCCC2)c(Cl)cc1F. The van der Waals surface area contributed by atoms with Gasteiger partial charge in [0.25, 0.3) is 5.91 Å². The number of likely N-dealkylation sites (N-methyl/N-ethyl adjacent to an activating group) is 1. The second-order valence-electron chi connectivity index (χ2n) is 5.67. The van der Waals surface area contributed by atoms with Crippen LogP contribution in [0.15, 0.2) is 12.1 Å². The summed E-state index contributed by atoms with van der Waals surface area (Å²) in [5.74, 6) is -0.720. The summed E-state index contributed by atoms with van der Waals surface area (Å²) in [5, 5.41) is 10.4. The van der Waals surface area contributed by atoms with Crippen LogP contribution in [0, 0.1) is 12.7 Å². The van der Waals surface area contributed by atoms with E-state index < -0.39 is 11.4 Å². The van der Waals surface area contributed by atoms with Gasteiger partial charge in [0.15, 0.2) is 0 Å². The molecule has 0 aliphatic heterocycles. The summed E-state index contributed by atoms with van der Waals surface area (Å²) in [6.45, 7) is 1.87. The van der Waals surface area contributed by atoms with Gasteiger partial charge in [-0.15, -0.1) is 0 Å². The van der Waals surface area contributed by atoms with Crippen LogP contribution in [0.1, 0.15) is 41.6 Å². The van der Waals surface area contributed by atoms with Crippen molar-refractivity contribution < 1.29 is 14.3 Å². The van der Waals surface area contributed by atoms with E-state index in [4.69, 9.17) is 11.6 Å². The van der Waals surface area contributed by atoms with Gasteiger partial charge in [0, 0.05) is 13.6 Å². The zero-order valence-corrected chi connectivity index (χ0v) is 12.5. The minimum absolute atomic E-state index is 0.100. The third-order valence-corrected chi connectivity index (χ3v) is 4.20. The summed E-state index contributed by atoms with van der Waals surface area (Å²) in [6.07, 6.45) is 3.38. The van der Waals surface area contributed by atoms with Crippen molar-refractivity contribution in [2.24, 2.45) is 0 Å². The van der Waals surface area contributed by atoms with Gasteiger partial charge >= 0.3 is 0 Å². The van der Waals surface area contributed by atoms with Crippen molar-refractivity contribution in [1.29, 1.82) is 0 Å². The van der Waals surface area contributed by atoms with Gasteiger partial charge in [-0.05, 0) is 37.5 Å². The maximum atomic E-state index is 13.4. The molecule has 0 unspecified atom stereocenters. The third kappa shape index (κ3) is 3.13. The van der Waals surface area contributed by atoms with E-state index >= 15 is 0 Å². The van der Waals surface area contributed by atoms with E-state index in [0.29, 0.717) is 18.4 Å². The Labute approximate surface area is 123 Å². The lowest BCUT2D eigenvalue weighted by Crippen LogP contribution is -2.42. The van der Waals surface area contributed by atoms with E-state index in [1.54, 1.807) is 14.0 Å². The lowest BCUT2D eigenvalue weighted by molar-refractivity contribution is 0.0157. The molecule has 1 N–H and O–H groups in total. The van der Waals surface area contributed by atoms with E-state index in [-0.39, 0.29) is 23.0 Å². The number of halogens is 2. The minimum Gasteiger partial charge on any atom is -0.388 e. The molecule has 20 heavy (non-hydrogen) atoms. The summed E-state index contributed by atoms with van der Waals surface area (Å²) in [5.41, 5.74) is -0.147. The van der Waals surface area contributed by atoms with Gasteiger partial charge in [-0.2, -0.15) is 0 Å². The molecule has 0 bridgehead atoms. The molecule has 1 aliphatic rings. The van der Waals surface area contributed by atoms with E-state index in [9.17, 15) is 14.3 Å². The van der Waals surface area contributed by atoms with Crippen LogP contribution in [0.5, 0.6) is 0 Å². The first-order chi connectivity index (χ1) is 9.32. The number of aliphatic hydroxyl groups is 1. The van der Waals surface area contributed by atoms with Gasteiger partial charge in [0.2, 0.25) is 0 Å². The molecule has 1 aromatic rings. The van der Waals surface area contributed by atoms with E-state index in [1.807, 2.05) is 0 Å². The number of aryl methyl sites for hydroxylation is 1. The van der Waals surface area contributed by atoms with Gasteiger partial charge in [-0.25, -0.2) is 4.39 Å². The molecule has 0 atom stereocenters. The highest BCUT2D eigenvalue weighted by atomic mass is 35.5. The van der Waals surface area contributed by atoms with Crippen molar-refractivity contribution >= 4 is 17.5 Å². The van der Waals surface area contributed by atoms with Crippen LogP contribution < -0.4 is 0 Å². The Morgan fingerprint density at radius 1 is 1.45 bits per heavy atom. The molecular formula is C15H19ClFNO2. The predicted octanol–water partition coefficient (Wildman–Crippen LogP) is 3.16. The number of nitrogens with zero attached hydrogens (tertiary/aromatic N) is 1. The van der Waals surface area contributed by atoms with Gasteiger partial charge in [-0.1, -0.05) is 24.4 Å². The first kappa shape index (κ1) is 15.3. The first-order valence-electron chi connectivity index (χ1n) is 6.76. The Hall–Kier alpha value is -1.13. The van der Waals surface area contributed by atoms with Crippen molar-refractivity contribution in [2.45, 2.75) is 38.2 Å². The predicted molar refractivity (Wildman–Crippen MR) is 76.5 cm³/mol. The van der Waals surface area contributed by atoms with E-state index in [2.05, 4.69) is 0 Å². The zero-order chi connectivity index (χ0) is 14.9. The zero-order valence-electron chi connectivity index (χ0n) is 11.7. The Morgan fingerprint density at radius 3 is 2.65 bits per heavy atom. The highest BCUT2D eigenvalue weighted by molar-refractivity contribution is 6.33. The van der Waals surface area contributed by atoms with E-state index in [1.165, 1.54) is 11.0 Å². The van der Waals surface area contributed by atoms with Crippen molar-refractivity contribution in [3.8, 4) is 0 Å². The molecule has 0 heterocycles. The molecule has 3 nitrogen and oxygen atoms in total. The van der Waals surface area contributed by atoms with Crippen LogP contribution in [-0.2, 0) is 0 Å². The number of carbonyl (C=O) groups excluding carboxylic acids is 1. The molecule has 0 radical (unpaired) electrons. The summed E-state index contributed by atoms with van der Waals surface area (Å²) in [6, 6.07) is 2.61. The number of rotatable bonds is 3. The number of amides is 1. The van der Waals surface area contributed by atoms with Crippen LogP contribution >= 0.6 is 11.6 Å². The first-order valence-corrected chi connectivity index (χ1v) is 7.14. The Morgan fingerprint density at radius 2 is 2.05 bits per heavy atom. The molecule has 1 fully saturated rings. The average Bonchev–Trinajstić information content (AvgIpc) is 2.79. The maximum absolute atomic E-state index is 13.4.